The standard InChI is InChI=1S/C9H10O4.C8H11N/c1-9(8(12)13)4-2-3-6(5-9)7(10)11;1-2-5-8-6-3-4-7-9-8/h2-4H,5H2,1H3,(H,10,11)(H,12,13);3-4,6-7H,2,5H2,1H3. The van der Waals surface area contributed by atoms with Gasteiger partial charge in [-0.25, -0.2) is 4.79 Å². The van der Waals surface area contributed by atoms with Crippen LogP contribution in [0.15, 0.2) is 48.2 Å². The van der Waals surface area contributed by atoms with Crippen molar-refractivity contribution in [3.63, 3.8) is 0 Å². The van der Waals surface area contributed by atoms with E-state index in [9.17, 15) is 9.59 Å². The van der Waals surface area contributed by atoms with Gasteiger partial charge in [-0.3, -0.25) is 9.78 Å². The molecule has 1 aliphatic carbocycles. The van der Waals surface area contributed by atoms with Crippen molar-refractivity contribution >= 4 is 11.9 Å². The van der Waals surface area contributed by atoms with E-state index in [0.717, 1.165) is 6.42 Å². The van der Waals surface area contributed by atoms with Gasteiger partial charge in [0.15, 0.2) is 0 Å². The number of hydrogen-bond acceptors (Lipinski definition) is 3. The number of pyridine rings is 1. The van der Waals surface area contributed by atoms with Crippen molar-refractivity contribution in [1.29, 1.82) is 0 Å². The normalized spacial score (nSPS) is 19.6. The van der Waals surface area contributed by atoms with E-state index in [1.54, 1.807) is 0 Å². The number of carboxylic acid groups (broad SMARTS) is 2. The second kappa shape index (κ2) is 8.12. The van der Waals surface area contributed by atoms with E-state index in [0.29, 0.717) is 0 Å². The highest BCUT2D eigenvalue weighted by Gasteiger charge is 2.34. The number of aliphatic carboxylic acids is 2. The third-order valence-electron chi connectivity index (χ3n) is 3.31. The van der Waals surface area contributed by atoms with Crippen molar-refractivity contribution < 1.29 is 19.8 Å². The Hall–Kier alpha value is -2.43. The second-order valence-electron chi connectivity index (χ2n) is 5.33. The lowest BCUT2D eigenvalue weighted by Gasteiger charge is -2.23. The zero-order valence-corrected chi connectivity index (χ0v) is 12.8. The first-order valence-corrected chi connectivity index (χ1v) is 7.14. The van der Waals surface area contributed by atoms with Gasteiger partial charge in [0.25, 0.3) is 0 Å². The smallest absolute Gasteiger partial charge is 0.331 e. The van der Waals surface area contributed by atoms with Crippen molar-refractivity contribution in [1.82, 2.24) is 4.98 Å². The average Bonchev–Trinajstić information content (AvgIpc) is 2.49. The minimum absolute atomic E-state index is 0.0359. The van der Waals surface area contributed by atoms with E-state index < -0.39 is 17.4 Å². The molecule has 0 aromatic carbocycles. The van der Waals surface area contributed by atoms with Gasteiger partial charge in [-0.1, -0.05) is 37.6 Å². The number of rotatable bonds is 4. The van der Waals surface area contributed by atoms with E-state index in [1.807, 2.05) is 18.3 Å². The van der Waals surface area contributed by atoms with Gasteiger partial charge in [0.1, 0.15) is 0 Å². The van der Waals surface area contributed by atoms with E-state index in [-0.39, 0.29) is 12.0 Å². The van der Waals surface area contributed by atoms with E-state index in [1.165, 1.54) is 37.3 Å². The number of allylic oxidation sites excluding steroid dienone is 2. The first kappa shape index (κ1) is 17.6. The Bertz CT molecular complexity index is 578. The van der Waals surface area contributed by atoms with Crippen molar-refractivity contribution in [3.8, 4) is 0 Å². The van der Waals surface area contributed by atoms with Crippen molar-refractivity contribution in [3.05, 3.63) is 53.9 Å². The molecule has 0 aliphatic heterocycles. The minimum Gasteiger partial charge on any atom is -0.481 e. The highest BCUT2D eigenvalue weighted by atomic mass is 16.4. The molecule has 1 aromatic rings. The van der Waals surface area contributed by atoms with Crippen LogP contribution in [0.4, 0.5) is 0 Å². The fourth-order valence-corrected chi connectivity index (χ4v) is 1.99. The summed E-state index contributed by atoms with van der Waals surface area (Å²) in [4.78, 5) is 25.5. The molecule has 2 rings (SSSR count). The SMILES string of the molecule is CC1(C(=O)O)C=CC=C(C(=O)O)C1.CCCc1ccccn1. The molecule has 22 heavy (non-hydrogen) atoms. The van der Waals surface area contributed by atoms with Crippen LogP contribution in [0.1, 0.15) is 32.4 Å². The molecule has 1 unspecified atom stereocenters. The number of carbonyl (C=O) groups is 2. The van der Waals surface area contributed by atoms with Gasteiger partial charge in [-0.15, -0.1) is 0 Å². The lowest BCUT2D eigenvalue weighted by atomic mass is 9.80. The third-order valence-corrected chi connectivity index (χ3v) is 3.31. The zero-order chi connectivity index (χ0) is 16.6. The van der Waals surface area contributed by atoms with Crippen molar-refractivity contribution in [2.45, 2.75) is 33.1 Å². The monoisotopic (exact) mass is 303 g/mol. The molecule has 0 bridgehead atoms. The largest absolute Gasteiger partial charge is 0.481 e. The van der Waals surface area contributed by atoms with Crippen LogP contribution in [-0.4, -0.2) is 27.1 Å². The van der Waals surface area contributed by atoms with E-state index in [2.05, 4.69) is 18.0 Å². The van der Waals surface area contributed by atoms with Crippen LogP contribution in [0.2, 0.25) is 0 Å². The maximum absolute atomic E-state index is 10.8. The second-order valence-corrected chi connectivity index (χ2v) is 5.33. The summed E-state index contributed by atoms with van der Waals surface area (Å²) in [5, 5.41) is 17.5. The Labute approximate surface area is 130 Å². The number of carboxylic acids is 2. The molecule has 0 spiro atoms. The summed E-state index contributed by atoms with van der Waals surface area (Å²) >= 11 is 0. The van der Waals surface area contributed by atoms with Gasteiger partial charge in [-0.05, 0) is 31.9 Å². The van der Waals surface area contributed by atoms with Crippen LogP contribution < -0.4 is 0 Å². The number of nitrogens with zero attached hydrogens (tertiary/aromatic N) is 1. The number of aryl methyl sites for hydroxylation is 1. The predicted octanol–water partition coefficient (Wildman–Crippen LogP) is 3.08. The summed E-state index contributed by atoms with van der Waals surface area (Å²) in [6, 6.07) is 6.03. The van der Waals surface area contributed by atoms with E-state index in [4.69, 9.17) is 10.2 Å². The summed E-state index contributed by atoms with van der Waals surface area (Å²) in [5.41, 5.74) is 0.245. The molecule has 1 heterocycles. The lowest BCUT2D eigenvalue weighted by Crippen LogP contribution is -2.28. The van der Waals surface area contributed by atoms with Crippen LogP contribution in [-0.2, 0) is 16.0 Å². The van der Waals surface area contributed by atoms with Crippen LogP contribution in [0, 0.1) is 5.41 Å². The Balaban J connectivity index is 0.000000235. The topological polar surface area (TPSA) is 87.5 Å². The Morgan fingerprint density at radius 3 is 2.55 bits per heavy atom. The molecule has 0 saturated heterocycles. The van der Waals surface area contributed by atoms with Gasteiger partial charge < -0.3 is 10.2 Å². The number of aromatic nitrogens is 1. The molecular formula is C17H21NO4. The molecule has 118 valence electrons. The fourth-order valence-electron chi connectivity index (χ4n) is 1.99. The molecule has 5 nitrogen and oxygen atoms in total. The van der Waals surface area contributed by atoms with Gasteiger partial charge in [-0.2, -0.15) is 0 Å². The lowest BCUT2D eigenvalue weighted by molar-refractivity contribution is -0.145. The predicted molar refractivity (Wildman–Crippen MR) is 83.5 cm³/mol. The summed E-state index contributed by atoms with van der Waals surface area (Å²) in [6.45, 7) is 3.66. The molecule has 2 N–H and O–H groups in total. The molecule has 1 aliphatic rings. The first-order chi connectivity index (χ1) is 10.4. The minimum atomic E-state index is -1.08. The first-order valence-electron chi connectivity index (χ1n) is 7.14. The van der Waals surface area contributed by atoms with Gasteiger partial charge >= 0.3 is 11.9 Å². The van der Waals surface area contributed by atoms with Crippen molar-refractivity contribution in [2.24, 2.45) is 5.41 Å². The van der Waals surface area contributed by atoms with Gasteiger partial charge in [0, 0.05) is 17.5 Å². The summed E-state index contributed by atoms with van der Waals surface area (Å²) in [7, 11) is 0. The molecule has 1 aromatic heterocycles. The van der Waals surface area contributed by atoms with Crippen molar-refractivity contribution in [2.75, 3.05) is 0 Å². The molecule has 0 radical (unpaired) electrons. The molecule has 0 amide bonds. The van der Waals surface area contributed by atoms with Crippen LogP contribution >= 0.6 is 0 Å². The van der Waals surface area contributed by atoms with Crippen LogP contribution in [0.5, 0.6) is 0 Å². The molecule has 0 saturated carbocycles. The molecule has 5 heteroatoms. The highest BCUT2D eigenvalue weighted by molar-refractivity contribution is 5.90. The van der Waals surface area contributed by atoms with E-state index >= 15 is 0 Å². The van der Waals surface area contributed by atoms with Crippen LogP contribution in [0.25, 0.3) is 0 Å². The van der Waals surface area contributed by atoms with Gasteiger partial charge in [0.2, 0.25) is 0 Å². The molecular weight excluding hydrogens is 282 g/mol. The maximum atomic E-state index is 10.8. The summed E-state index contributed by atoms with van der Waals surface area (Å²) in [6.07, 6.45) is 8.55. The average molecular weight is 303 g/mol. The highest BCUT2D eigenvalue weighted by Crippen LogP contribution is 2.31. The Morgan fingerprint density at radius 1 is 1.32 bits per heavy atom. The zero-order valence-electron chi connectivity index (χ0n) is 12.8. The van der Waals surface area contributed by atoms with Crippen LogP contribution in [0.3, 0.4) is 0 Å². The fraction of sp³-hybridized carbons (Fsp3) is 0.353. The Kier molecular flexibility index (Phi) is 6.50. The molecule has 1 atom stereocenters. The molecule has 0 fully saturated rings. The third kappa shape index (κ3) is 5.16. The quantitative estimate of drug-likeness (QED) is 0.892. The maximum Gasteiger partial charge on any atom is 0.331 e. The number of hydrogen-bond donors (Lipinski definition) is 2. The Morgan fingerprint density at radius 2 is 2.05 bits per heavy atom. The summed E-state index contributed by atoms with van der Waals surface area (Å²) < 4.78 is 0. The summed E-state index contributed by atoms with van der Waals surface area (Å²) in [5.74, 6) is -2.06. The van der Waals surface area contributed by atoms with Gasteiger partial charge in [0.05, 0.1) is 5.41 Å².